The summed E-state index contributed by atoms with van der Waals surface area (Å²) in [4.78, 5) is 15.5. The Kier molecular flexibility index (Phi) is 5.67. The van der Waals surface area contributed by atoms with E-state index in [1.807, 2.05) is 20.8 Å². The number of aryl methyl sites for hydroxylation is 1. The van der Waals surface area contributed by atoms with E-state index in [0.717, 1.165) is 16.6 Å². The van der Waals surface area contributed by atoms with Gasteiger partial charge in [0.25, 0.3) is 0 Å². The first-order valence-electron chi connectivity index (χ1n) is 8.35. The van der Waals surface area contributed by atoms with Gasteiger partial charge in [-0.3, -0.25) is 9.67 Å². The molecule has 1 aliphatic carbocycles. The Hall–Kier alpha value is -1.48. The van der Waals surface area contributed by atoms with Crippen LogP contribution in [0.3, 0.4) is 0 Å². The van der Waals surface area contributed by atoms with Crippen molar-refractivity contribution in [2.24, 2.45) is 5.18 Å². The number of hydrogen-bond acceptors (Lipinski definition) is 5. The second-order valence-electron chi connectivity index (χ2n) is 5.96. The Morgan fingerprint density at radius 3 is 2.73 bits per heavy atom. The summed E-state index contributed by atoms with van der Waals surface area (Å²) >= 11 is 2.17. The first-order valence-corrected chi connectivity index (χ1v) is 12.4. The molecule has 1 saturated carbocycles. The standard InChI is InChI=1S/C14H13FIN6OP.C2H6/c1-8-9-5-17-10(13-11(20-23)6-22(19-13)24-16)4-12(9)21(18-8)7-14(15)2-3-14;1-2/h4-6,24H,2-3,7H2,1H3;1-2H3. The number of hydrogen-bond donors (Lipinski definition) is 0. The maximum absolute atomic E-state index is 14.2. The van der Waals surface area contributed by atoms with Crippen molar-refractivity contribution in [2.45, 2.75) is 45.8 Å². The second-order valence-corrected chi connectivity index (χ2v) is 8.04. The summed E-state index contributed by atoms with van der Waals surface area (Å²) < 4.78 is 17.5. The van der Waals surface area contributed by atoms with Crippen molar-refractivity contribution in [3.63, 3.8) is 0 Å². The lowest BCUT2D eigenvalue weighted by Gasteiger charge is -2.07. The molecular weight excluding hydrogens is 469 g/mol. The van der Waals surface area contributed by atoms with E-state index in [1.54, 1.807) is 27.6 Å². The van der Waals surface area contributed by atoms with Crippen molar-refractivity contribution in [3.05, 3.63) is 29.1 Å². The lowest BCUT2D eigenvalue weighted by molar-refractivity contribution is 0.264. The zero-order valence-electron chi connectivity index (χ0n) is 14.7. The van der Waals surface area contributed by atoms with Gasteiger partial charge in [-0.15, -0.1) is 4.91 Å². The third-order valence-corrected chi connectivity index (χ3v) is 6.05. The van der Waals surface area contributed by atoms with Crippen LogP contribution < -0.4 is 0 Å². The molecule has 0 spiro atoms. The summed E-state index contributed by atoms with van der Waals surface area (Å²) in [6, 6.07) is 1.80. The molecule has 3 aromatic rings. The number of nitrogens with zero attached hydrogens (tertiary/aromatic N) is 6. The molecule has 0 aromatic carbocycles. The summed E-state index contributed by atoms with van der Waals surface area (Å²) in [5.74, 6) is 0. The van der Waals surface area contributed by atoms with Gasteiger partial charge in [0.15, 0.2) is 5.69 Å². The average molecular weight is 488 g/mol. The molecule has 1 aliphatic rings. The van der Waals surface area contributed by atoms with E-state index in [1.165, 1.54) is 0 Å². The van der Waals surface area contributed by atoms with Crippen molar-refractivity contribution in [3.8, 4) is 11.4 Å². The topological polar surface area (TPSA) is 78.0 Å². The molecule has 1 fully saturated rings. The minimum absolute atomic E-state index is 0.239. The van der Waals surface area contributed by atoms with Gasteiger partial charge in [0.2, 0.25) is 0 Å². The summed E-state index contributed by atoms with van der Waals surface area (Å²) in [5.41, 5.74) is 1.68. The number of rotatable bonds is 5. The highest BCUT2D eigenvalue weighted by Crippen LogP contribution is 2.42. The predicted octanol–water partition coefficient (Wildman–Crippen LogP) is 5.32. The van der Waals surface area contributed by atoms with E-state index in [9.17, 15) is 9.30 Å². The van der Waals surface area contributed by atoms with E-state index >= 15 is 0 Å². The third-order valence-electron chi connectivity index (χ3n) is 4.17. The van der Waals surface area contributed by atoms with E-state index in [0.29, 0.717) is 30.6 Å². The van der Waals surface area contributed by atoms with Crippen LogP contribution in [-0.4, -0.2) is 30.0 Å². The SMILES string of the molecule is CC.Cc1nn(CC2(F)CC2)c2cc(-c3nn(PI)cc3N=O)ncc12. The van der Waals surface area contributed by atoms with Crippen LogP contribution in [0, 0.1) is 11.8 Å². The summed E-state index contributed by atoms with van der Waals surface area (Å²) in [7, 11) is 0. The van der Waals surface area contributed by atoms with Gasteiger partial charge < -0.3 is 0 Å². The molecule has 4 rings (SSSR count). The fraction of sp³-hybridized carbons (Fsp3) is 0.438. The van der Waals surface area contributed by atoms with Crippen molar-refractivity contribution in [1.82, 2.24) is 24.3 Å². The number of alkyl halides is 1. The second kappa shape index (κ2) is 7.64. The predicted molar refractivity (Wildman–Crippen MR) is 111 cm³/mol. The van der Waals surface area contributed by atoms with Crippen LogP contribution in [0.5, 0.6) is 0 Å². The van der Waals surface area contributed by atoms with Crippen LogP contribution in [0.25, 0.3) is 22.3 Å². The molecule has 0 saturated heterocycles. The zero-order valence-corrected chi connectivity index (χ0v) is 17.9. The highest BCUT2D eigenvalue weighted by atomic mass is 127. The van der Waals surface area contributed by atoms with Crippen LogP contribution >= 0.6 is 28.4 Å². The third kappa shape index (κ3) is 3.64. The Morgan fingerprint density at radius 1 is 1.38 bits per heavy atom. The van der Waals surface area contributed by atoms with Gasteiger partial charge in [-0.2, -0.15) is 10.2 Å². The molecule has 138 valence electrons. The van der Waals surface area contributed by atoms with Gasteiger partial charge in [-0.25, -0.2) is 8.84 Å². The molecule has 3 heterocycles. The molecule has 0 N–H and O–H groups in total. The molecule has 10 heteroatoms. The van der Waals surface area contributed by atoms with Gasteiger partial charge in [-0.1, -0.05) is 13.8 Å². The van der Waals surface area contributed by atoms with Crippen molar-refractivity contribution < 1.29 is 4.39 Å². The first kappa shape index (κ1) is 19.3. The Morgan fingerprint density at radius 2 is 2.12 bits per heavy atom. The minimum atomic E-state index is -1.14. The van der Waals surface area contributed by atoms with Crippen LogP contribution in [0.1, 0.15) is 32.4 Å². The molecule has 0 aliphatic heterocycles. The number of fused-ring (bicyclic) bond motifs is 1. The van der Waals surface area contributed by atoms with Crippen LogP contribution in [0.4, 0.5) is 10.1 Å². The van der Waals surface area contributed by atoms with Gasteiger partial charge >= 0.3 is 0 Å². The Balaban J connectivity index is 0.000000948. The van der Waals surface area contributed by atoms with E-state index < -0.39 is 5.67 Å². The molecule has 0 radical (unpaired) electrons. The fourth-order valence-corrected chi connectivity index (χ4v) is 3.75. The molecule has 0 amide bonds. The summed E-state index contributed by atoms with van der Waals surface area (Å²) in [6.45, 7) is 6.12. The van der Waals surface area contributed by atoms with Crippen molar-refractivity contribution in [2.75, 3.05) is 0 Å². The molecule has 1 unspecified atom stereocenters. The normalized spacial score (nSPS) is 15.3. The maximum Gasteiger partial charge on any atom is 0.155 e. The molecule has 1 atom stereocenters. The van der Waals surface area contributed by atoms with Gasteiger partial charge in [0.1, 0.15) is 11.4 Å². The zero-order chi connectivity index (χ0) is 18.9. The quantitative estimate of drug-likeness (QED) is 0.277. The first-order chi connectivity index (χ1) is 12.5. The fourth-order valence-electron chi connectivity index (χ4n) is 2.70. The molecular formula is C16H19FIN6OP. The van der Waals surface area contributed by atoms with Gasteiger partial charge in [0.05, 0.1) is 36.0 Å². The number of aromatic nitrogens is 5. The number of halogens is 2. The Bertz CT molecular complexity index is 952. The average Bonchev–Trinajstić information content (AvgIpc) is 3.12. The van der Waals surface area contributed by atoms with E-state index in [4.69, 9.17) is 0 Å². The van der Waals surface area contributed by atoms with E-state index in [-0.39, 0.29) is 12.2 Å². The minimum Gasteiger partial charge on any atom is -0.261 e. The monoisotopic (exact) mass is 488 g/mol. The number of pyridine rings is 1. The highest BCUT2D eigenvalue weighted by Gasteiger charge is 2.44. The largest absolute Gasteiger partial charge is 0.261 e. The molecule has 26 heavy (non-hydrogen) atoms. The van der Waals surface area contributed by atoms with E-state index in [2.05, 4.69) is 42.4 Å². The van der Waals surface area contributed by atoms with Crippen LogP contribution in [-0.2, 0) is 6.54 Å². The molecule has 3 aromatic heterocycles. The number of nitroso groups, excluding NO2 is 1. The van der Waals surface area contributed by atoms with Gasteiger partial charge in [-0.05, 0) is 53.0 Å². The maximum atomic E-state index is 14.2. The summed E-state index contributed by atoms with van der Waals surface area (Å²) in [6.07, 6.45) is 4.81. The van der Waals surface area contributed by atoms with Gasteiger partial charge in [0, 0.05) is 11.6 Å². The highest BCUT2D eigenvalue weighted by molar-refractivity contribution is 14.2. The lowest BCUT2D eigenvalue weighted by atomic mass is 10.2. The Labute approximate surface area is 165 Å². The molecule has 7 nitrogen and oxygen atoms in total. The lowest BCUT2D eigenvalue weighted by Crippen LogP contribution is -2.13. The summed E-state index contributed by atoms with van der Waals surface area (Å²) in [5, 5.41) is 12.7. The smallest absolute Gasteiger partial charge is 0.155 e. The van der Waals surface area contributed by atoms with Crippen molar-refractivity contribution in [1.29, 1.82) is 0 Å². The van der Waals surface area contributed by atoms with Crippen LogP contribution in [0.15, 0.2) is 23.6 Å². The van der Waals surface area contributed by atoms with Crippen molar-refractivity contribution >= 4 is 45.0 Å². The van der Waals surface area contributed by atoms with Crippen LogP contribution in [0.2, 0.25) is 0 Å². The molecule has 0 bridgehead atoms.